The van der Waals surface area contributed by atoms with Crippen molar-refractivity contribution in [3.05, 3.63) is 11.6 Å². The van der Waals surface area contributed by atoms with Crippen LogP contribution < -0.4 is 5.32 Å². The van der Waals surface area contributed by atoms with Gasteiger partial charge in [0.1, 0.15) is 18.5 Å². The molecule has 10 nitrogen and oxygen atoms in total. The molecule has 0 aromatic carbocycles. The first-order chi connectivity index (χ1) is 14.1. The fourth-order valence-electron chi connectivity index (χ4n) is 3.53. The van der Waals surface area contributed by atoms with Crippen molar-refractivity contribution < 1.29 is 14.3 Å². The molecule has 1 aromatic rings. The number of nitrogens with zero attached hydrogens (tertiary/aromatic N) is 6. The van der Waals surface area contributed by atoms with Crippen molar-refractivity contribution >= 4 is 11.9 Å². The van der Waals surface area contributed by atoms with Crippen molar-refractivity contribution in [3.63, 3.8) is 0 Å². The molecule has 0 saturated carbocycles. The maximum absolute atomic E-state index is 12.6. The number of ether oxygens (including phenoxy) is 2. The molecule has 29 heavy (non-hydrogen) atoms. The van der Waals surface area contributed by atoms with Gasteiger partial charge >= 0.3 is 0 Å². The zero-order valence-corrected chi connectivity index (χ0v) is 17.8. The summed E-state index contributed by atoms with van der Waals surface area (Å²) in [7, 11) is 3.65. The van der Waals surface area contributed by atoms with Gasteiger partial charge in [0.25, 0.3) is 5.91 Å². The van der Waals surface area contributed by atoms with Crippen LogP contribution in [0.5, 0.6) is 0 Å². The van der Waals surface area contributed by atoms with E-state index in [4.69, 9.17) is 14.5 Å². The quantitative estimate of drug-likeness (QED) is 0.384. The first-order valence-electron chi connectivity index (χ1n) is 10.4. The van der Waals surface area contributed by atoms with E-state index >= 15 is 0 Å². The lowest BCUT2D eigenvalue weighted by atomic mass is 10.2. The summed E-state index contributed by atoms with van der Waals surface area (Å²) in [4.78, 5) is 21.5. The van der Waals surface area contributed by atoms with Gasteiger partial charge in [-0.25, -0.2) is 4.99 Å². The molecule has 1 amide bonds. The second kappa shape index (κ2) is 10.5. The first-order valence-corrected chi connectivity index (χ1v) is 10.4. The van der Waals surface area contributed by atoms with Gasteiger partial charge in [-0.15, -0.1) is 10.2 Å². The number of hydrogen-bond donors (Lipinski definition) is 1. The van der Waals surface area contributed by atoms with Gasteiger partial charge in [-0.05, 0) is 26.2 Å². The molecule has 0 radical (unpaired) electrons. The first kappa shape index (κ1) is 21.5. The van der Waals surface area contributed by atoms with Gasteiger partial charge in [-0.2, -0.15) is 0 Å². The number of piperazine rings is 1. The average molecular weight is 408 g/mol. The summed E-state index contributed by atoms with van der Waals surface area (Å²) in [5, 5.41) is 11.7. The minimum absolute atomic E-state index is 0.128. The van der Waals surface area contributed by atoms with Crippen LogP contribution in [0, 0.1) is 6.92 Å². The van der Waals surface area contributed by atoms with Crippen LogP contribution in [-0.2, 0) is 27.9 Å². The smallest absolute Gasteiger partial charge is 0.251 e. The van der Waals surface area contributed by atoms with Crippen molar-refractivity contribution in [2.24, 2.45) is 12.0 Å². The van der Waals surface area contributed by atoms with Gasteiger partial charge in [0, 0.05) is 60.1 Å². The molecule has 2 aliphatic rings. The molecule has 3 heterocycles. The summed E-state index contributed by atoms with van der Waals surface area (Å²) in [6.07, 6.45) is 2.46. The van der Waals surface area contributed by atoms with Gasteiger partial charge in [0.05, 0.1) is 0 Å². The highest BCUT2D eigenvalue weighted by Crippen LogP contribution is 2.16. The Morgan fingerprint density at radius 3 is 2.66 bits per heavy atom. The second-order valence-electron chi connectivity index (χ2n) is 7.45. The second-order valence-corrected chi connectivity index (χ2v) is 7.45. The predicted octanol–water partition coefficient (Wildman–Crippen LogP) is -0.0712. The molecule has 10 heteroatoms. The Morgan fingerprint density at radius 1 is 1.28 bits per heavy atom. The van der Waals surface area contributed by atoms with E-state index in [1.165, 1.54) is 0 Å². The summed E-state index contributed by atoms with van der Waals surface area (Å²) in [5.74, 6) is 2.66. The molecule has 2 saturated heterocycles. The highest BCUT2D eigenvalue weighted by Gasteiger charge is 2.31. The number of aromatic nitrogens is 3. The van der Waals surface area contributed by atoms with E-state index in [0.29, 0.717) is 32.8 Å². The largest absolute Gasteiger partial charge is 0.385 e. The molecule has 162 valence electrons. The number of aryl methyl sites for hydroxylation is 1. The molecule has 0 spiro atoms. The van der Waals surface area contributed by atoms with Crippen LogP contribution in [0.4, 0.5) is 0 Å². The molecule has 1 N–H and O–H groups in total. The highest BCUT2D eigenvalue weighted by molar-refractivity contribution is 5.82. The third kappa shape index (κ3) is 5.66. The van der Waals surface area contributed by atoms with Crippen LogP contribution >= 0.6 is 0 Å². The fourth-order valence-corrected chi connectivity index (χ4v) is 3.53. The lowest BCUT2D eigenvalue weighted by molar-refractivity contribution is -0.142. The van der Waals surface area contributed by atoms with Gasteiger partial charge in [0.15, 0.2) is 11.8 Å². The minimum atomic E-state index is -0.249. The third-order valence-corrected chi connectivity index (χ3v) is 5.46. The number of carbonyl (C=O) groups excluding carboxylic acids is 1. The van der Waals surface area contributed by atoms with Crippen LogP contribution in [0.15, 0.2) is 4.99 Å². The molecule has 3 rings (SSSR count). The molecule has 0 bridgehead atoms. The Balaban J connectivity index is 1.59. The number of rotatable bonds is 7. The zero-order chi connectivity index (χ0) is 20.6. The standard InChI is InChI=1S/C19H33N7O3/c1-15-22-23-17(24(15)2)14-21-19(20-7-5-12-28-3)26-10-8-25(9-11-26)18(27)16-6-4-13-29-16/h16H,4-14H2,1-3H3,(H,20,21). The van der Waals surface area contributed by atoms with Gasteiger partial charge in [-0.3, -0.25) is 4.79 Å². The van der Waals surface area contributed by atoms with Crippen molar-refractivity contribution in [1.29, 1.82) is 0 Å². The maximum atomic E-state index is 12.6. The van der Waals surface area contributed by atoms with Gasteiger partial charge < -0.3 is 29.2 Å². The molecule has 2 aliphatic heterocycles. The van der Waals surface area contributed by atoms with Gasteiger partial charge in [-0.1, -0.05) is 0 Å². The Labute approximate surface area is 172 Å². The zero-order valence-electron chi connectivity index (χ0n) is 17.8. The summed E-state index contributed by atoms with van der Waals surface area (Å²) in [6.45, 7) is 7.40. The topological polar surface area (TPSA) is 97.1 Å². The number of amides is 1. The minimum Gasteiger partial charge on any atom is -0.385 e. The van der Waals surface area contributed by atoms with Crippen LogP contribution in [0.2, 0.25) is 0 Å². The predicted molar refractivity (Wildman–Crippen MR) is 109 cm³/mol. The normalized spacial score (nSPS) is 20.4. The monoisotopic (exact) mass is 407 g/mol. The number of carbonyl (C=O) groups is 1. The number of methoxy groups -OCH3 is 1. The van der Waals surface area contributed by atoms with Crippen LogP contribution in [0.1, 0.15) is 30.9 Å². The molecule has 2 fully saturated rings. The van der Waals surface area contributed by atoms with Crippen molar-refractivity contribution in [1.82, 2.24) is 29.9 Å². The average Bonchev–Trinajstić information content (AvgIpc) is 3.39. The summed E-state index contributed by atoms with van der Waals surface area (Å²) in [6, 6.07) is 0. The number of nitrogens with one attached hydrogen (secondary N) is 1. The van der Waals surface area contributed by atoms with E-state index in [0.717, 1.165) is 56.5 Å². The van der Waals surface area contributed by atoms with Crippen LogP contribution in [0.3, 0.4) is 0 Å². The number of hydrogen-bond acceptors (Lipinski definition) is 6. The van der Waals surface area contributed by atoms with E-state index in [-0.39, 0.29) is 12.0 Å². The maximum Gasteiger partial charge on any atom is 0.251 e. The molecule has 0 aliphatic carbocycles. The van der Waals surface area contributed by atoms with Crippen LogP contribution in [-0.4, -0.2) is 95.6 Å². The van der Waals surface area contributed by atoms with E-state index in [2.05, 4.69) is 20.4 Å². The molecule has 1 aromatic heterocycles. The lowest BCUT2D eigenvalue weighted by Gasteiger charge is -2.37. The molecule has 1 atom stereocenters. The fraction of sp³-hybridized carbons (Fsp3) is 0.789. The van der Waals surface area contributed by atoms with E-state index in [9.17, 15) is 4.79 Å². The Morgan fingerprint density at radius 2 is 2.03 bits per heavy atom. The van der Waals surface area contributed by atoms with Crippen molar-refractivity contribution in [3.8, 4) is 0 Å². The molecular formula is C19H33N7O3. The Hall–Kier alpha value is -2.20. The highest BCUT2D eigenvalue weighted by atomic mass is 16.5. The van der Waals surface area contributed by atoms with E-state index < -0.39 is 0 Å². The summed E-state index contributed by atoms with van der Waals surface area (Å²) in [5.41, 5.74) is 0. The van der Waals surface area contributed by atoms with Gasteiger partial charge in [0.2, 0.25) is 0 Å². The van der Waals surface area contributed by atoms with Crippen LogP contribution in [0.25, 0.3) is 0 Å². The van der Waals surface area contributed by atoms with Crippen molar-refractivity contribution in [2.45, 2.75) is 38.8 Å². The van der Waals surface area contributed by atoms with E-state index in [1.807, 2.05) is 23.4 Å². The Kier molecular flexibility index (Phi) is 7.82. The summed E-state index contributed by atoms with van der Waals surface area (Å²) >= 11 is 0. The third-order valence-electron chi connectivity index (χ3n) is 5.46. The Bertz CT molecular complexity index is 692. The summed E-state index contributed by atoms with van der Waals surface area (Å²) < 4.78 is 12.6. The number of guanidine groups is 1. The lowest BCUT2D eigenvalue weighted by Crippen LogP contribution is -2.55. The van der Waals surface area contributed by atoms with Crippen molar-refractivity contribution in [2.75, 3.05) is 53.0 Å². The SMILES string of the molecule is COCCCNC(=NCc1nnc(C)n1C)N1CCN(C(=O)C2CCCO2)CC1. The number of aliphatic imine (C=N–C) groups is 1. The molecule has 1 unspecified atom stereocenters. The van der Waals surface area contributed by atoms with E-state index in [1.54, 1.807) is 7.11 Å². The molecular weight excluding hydrogens is 374 g/mol.